The number of halogens is 1. The number of nitrogens with zero attached hydrogens (tertiary/aromatic N) is 4. The maximum absolute atomic E-state index is 13.2. The molecule has 0 unspecified atom stereocenters. The van der Waals surface area contributed by atoms with E-state index in [4.69, 9.17) is 14.7 Å². The Morgan fingerprint density at radius 2 is 2.04 bits per heavy atom. The van der Waals surface area contributed by atoms with Gasteiger partial charge in [-0.3, -0.25) is 0 Å². The second kappa shape index (κ2) is 6.77. The van der Waals surface area contributed by atoms with E-state index in [1.165, 1.54) is 0 Å². The topological polar surface area (TPSA) is 88.3 Å². The molecule has 1 amide bonds. The van der Waals surface area contributed by atoms with Crippen molar-refractivity contribution in [2.45, 2.75) is 45.3 Å². The third-order valence-corrected chi connectivity index (χ3v) is 3.15. The van der Waals surface area contributed by atoms with Gasteiger partial charge in [0.2, 0.25) is 17.7 Å². The molecule has 2 rings (SSSR count). The first-order valence-corrected chi connectivity index (χ1v) is 7.36. The maximum Gasteiger partial charge on any atom is 0.410 e. The van der Waals surface area contributed by atoms with Gasteiger partial charge in [0.15, 0.2) is 0 Å². The molecule has 0 N–H and O–H groups in total. The number of rotatable bonds is 2. The minimum atomic E-state index is -0.808. The maximum atomic E-state index is 13.2. The predicted octanol–water partition coefficient (Wildman–Crippen LogP) is 2.27. The third kappa shape index (κ3) is 5.06. The molecule has 1 aliphatic rings. The number of amides is 1. The molecule has 1 fully saturated rings. The van der Waals surface area contributed by atoms with E-state index < -0.39 is 11.5 Å². The zero-order chi connectivity index (χ0) is 17.0. The Hall–Kier alpha value is -2.43. The van der Waals surface area contributed by atoms with Crippen molar-refractivity contribution in [3.63, 3.8) is 0 Å². The zero-order valence-corrected chi connectivity index (χ0v) is 13.4. The van der Waals surface area contributed by atoms with E-state index in [0.29, 0.717) is 25.9 Å². The fourth-order valence-corrected chi connectivity index (χ4v) is 2.16. The highest BCUT2D eigenvalue weighted by Gasteiger charge is 2.28. The second-order valence-corrected chi connectivity index (χ2v) is 6.25. The van der Waals surface area contributed by atoms with Crippen molar-refractivity contribution >= 4 is 6.09 Å². The standard InChI is InChI=1S/C15H19FN4O3/c1-15(2,3)23-14(21)20-6-4-10(5-7-20)22-13-8-11(16)18-12(9-17)19-13/h8,10H,4-7H2,1-3H3. The first-order chi connectivity index (χ1) is 10.8. The molecule has 0 aromatic carbocycles. The van der Waals surface area contributed by atoms with E-state index in [0.717, 1.165) is 6.07 Å². The largest absolute Gasteiger partial charge is 0.474 e. The van der Waals surface area contributed by atoms with Gasteiger partial charge in [-0.15, -0.1) is 0 Å². The number of carbonyl (C=O) groups is 1. The fourth-order valence-electron chi connectivity index (χ4n) is 2.16. The Kier molecular flexibility index (Phi) is 4.98. The van der Waals surface area contributed by atoms with Crippen LogP contribution in [0.15, 0.2) is 6.07 Å². The zero-order valence-electron chi connectivity index (χ0n) is 13.4. The molecule has 1 aromatic rings. The van der Waals surface area contributed by atoms with E-state index in [1.807, 2.05) is 20.8 Å². The first-order valence-electron chi connectivity index (χ1n) is 7.36. The van der Waals surface area contributed by atoms with E-state index in [2.05, 4.69) is 9.97 Å². The normalized spacial score (nSPS) is 15.9. The van der Waals surface area contributed by atoms with Crippen molar-refractivity contribution in [1.82, 2.24) is 14.9 Å². The number of nitriles is 1. The number of hydrogen-bond acceptors (Lipinski definition) is 6. The van der Waals surface area contributed by atoms with Crippen LogP contribution in [0.25, 0.3) is 0 Å². The number of aromatic nitrogens is 2. The number of hydrogen-bond donors (Lipinski definition) is 0. The molecule has 2 heterocycles. The SMILES string of the molecule is CC(C)(C)OC(=O)N1CCC(Oc2cc(F)nc(C#N)n2)CC1. The van der Waals surface area contributed by atoms with E-state index in [1.54, 1.807) is 11.0 Å². The summed E-state index contributed by atoms with van der Waals surface area (Å²) < 4.78 is 24.1. The molecule has 0 spiro atoms. The van der Waals surface area contributed by atoms with Crippen LogP contribution in [-0.4, -0.2) is 45.8 Å². The van der Waals surface area contributed by atoms with Crippen LogP contribution in [0.2, 0.25) is 0 Å². The van der Waals surface area contributed by atoms with Gasteiger partial charge in [0, 0.05) is 25.9 Å². The quantitative estimate of drug-likeness (QED) is 0.776. The highest BCUT2D eigenvalue weighted by atomic mass is 19.1. The average molecular weight is 322 g/mol. The van der Waals surface area contributed by atoms with Crippen LogP contribution in [0.5, 0.6) is 5.88 Å². The summed E-state index contributed by atoms with van der Waals surface area (Å²) in [6.45, 7) is 6.42. The summed E-state index contributed by atoms with van der Waals surface area (Å²) in [5.41, 5.74) is -0.531. The molecule has 0 bridgehead atoms. The minimum Gasteiger partial charge on any atom is -0.474 e. The van der Waals surface area contributed by atoms with Crippen molar-refractivity contribution in [2.24, 2.45) is 0 Å². The van der Waals surface area contributed by atoms with Gasteiger partial charge in [-0.25, -0.2) is 4.79 Å². The lowest BCUT2D eigenvalue weighted by molar-refractivity contribution is 0.0122. The van der Waals surface area contributed by atoms with Crippen LogP contribution < -0.4 is 4.74 Å². The molecule has 7 nitrogen and oxygen atoms in total. The number of carbonyl (C=O) groups excluding carboxylic acids is 1. The molecule has 0 atom stereocenters. The van der Waals surface area contributed by atoms with Crippen molar-refractivity contribution in [3.8, 4) is 11.9 Å². The van der Waals surface area contributed by atoms with Crippen LogP contribution in [0, 0.1) is 17.3 Å². The van der Waals surface area contributed by atoms with Gasteiger partial charge >= 0.3 is 6.09 Å². The Bertz CT molecular complexity index is 616. The number of piperidine rings is 1. The van der Waals surface area contributed by atoms with Crippen LogP contribution in [0.1, 0.15) is 39.4 Å². The van der Waals surface area contributed by atoms with Gasteiger partial charge in [-0.1, -0.05) is 0 Å². The molecule has 23 heavy (non-hydrogen) atoms. The van der Waals surface area contributed by atoms with Gasteiger partial charge in [0.25, 0.3) is 0 Å². The summed E-state index contributed by atoms with van der Waals surface area (Å²) in [6, 6.07) is 2.72. The predicted molar refractivity (Wildman–Crippen MR) is 78.2 cm³/mol. The lowest BCUT2D eigenvalue weighted by atomic mass is 10.1. The molecule has 1 saturated heterocycles. The first kappa shape index (κ1) is 16.9. The molecule has 1 aliphatic heterocycles. The fraction of sp³-hybridized carbons (Fsp3) is 0.600. The van der Waals surface area contributed by atoms with Gasteiger partial charge in [-0.2, -0.15) is 19.6 Å². The van der Waals surface area contributed by atoms with Crippen LogP contribution >= 0.6 is 0 Å². The third-order valence-electron chi connectivity index (χ3n) is 3.15. The molecule has 0 aliphatic carbocycles. The second-order valence-electron chi connectivity index (χ2n) is 6.25. The van der Waals surface area contributed by atoms with Crippen LogP contribution in [0.3, 0.4) is 0 Å². The van der Waals surface area contributed by atoms with E-state index >= 15 is 0 Å². The lowest BCUT2D eigenvalue weighted by Crippen LogP contribution is -2.44. The van der Waals surface area contributed by atoms with Gasteiger partial charge in [0.1, 0.15) is 17.8 Å². The van der Waals surface area contributed by atoms with Crippen molar-refractivity contribution in [2.75, 3.05) is 13.1 Å². The Labute approximate surface area is 134 Å². The molecular weight excluding hydrogens is 303 g/mol. The Balaban J connectivity index is 1.89. The Morgan fingerprint density at radius 3 is 2.61 bits per heavy atom. The lowest BCUT2D eigenvalue weighted by Gasteiger charge is -2.33. The summed E-state index contributed by atoms with van der Waals surface area (Å²) in [5.74, 6) is -1.05. The summed E-state index contributed by atoms with van der Waals surface area (Å²) in [4.78, 5) is 20.7. The van der Waals surface area contributed by atoms with Crippen molar-refractivity contribution in [3.05, 3.63) is 17.8 Å². The molecular formula is C15H19FN4O3. The molecule has 1 aromatic heterocycles. The van der Waals surface area contributed by atoms with Crippen molar-refractivity contribution < 1.29 is 18.7 Å². The van der Waals surface area contributed by atoms with Crippen LogP contribution in [-0.2, 0) is 4.74 Å². The smallest absolute Gasteiger partial charge is 0.410 e. The summed E-state index contributed by atoms with van der Waals surface area (Å²) in [7, 11) is 0. The van der Waals surface area contributed by atoms with E-state index in [-0.39, 0.29) is 23.9 Å². The summed E-state index contributed by atoms with van der Waals surface area (Å²) >= 11 is 0. The highest BCUT2D eigenvalue weighted by Crippen LogP contribution is 2.19. The minimum absolute atomic E-state index is 0.0322. The van der Waals surface area contributed by atoms with Crippen LogP contribution in [0.4, 0.5) is 9.18 Å². The molecule has 124 valence electrons. The average Bonchev–Trinajstić information content (AvgIpc) is 2.45. The van der Waals surface area contributed by atoms with E-state index in [9.17, 15) is 9.18 Å². The monoisotopic (exact) mass is 322 g/mol. The Morgan fingerprint density at radius 1 is 1.39 bits per heavy atom. The highest BCUT2D eigenvalue weighted by molar-refractivity contribution is 5.68. The number of likely N-dealkylation sites (tertiary alicyclic amines) is 1. The number of ether oxygens (including phenoxy) is 2. The summed E-state index contributed by atoms with van der Waals surface area (Å²) in [6.07, 6.45) is 0.602. The summed E-state index contributed by atoms with van der Waals surface area (Å²) in [5, 5.41) is 8.73. The molecule has 0 saturated carbocycles. The van der Waals surface area contributed by atoms with Gasteiger partial charge < -0.3 is 14.4 Å². The van der Waals surface area contributed by atoms with Gasteiger partial charge in [0.05, 0.1) is 6.07 Å². The molecule has 0 radical (unpaired) electrons. The van der Waals surface area contributed by atoms with Crippen molar-refractivity contribution in [1.29, 1.82) is 5.26 Å². The molecule has 8 heteroatoms. The van der Waals surface area contributed by atoms with Gasteiger partial charge in [-0.05, 0) is 20.8 Å².